The number of H-pyrrole nitrogens is 1. The Morgan fingerprint density at radius 1 is 1.24 bits per heavy atom. The lowest BCUT2D eigenvalue weighted by atomic mass is 9.82. The standard InChI is InChI=1S/C23H24BrN3O2/c1-3-4-11-27-20-8-5-14(24)12-18(20)23(22(27)28)21-16(9-10-25-23)17-13-15(29-2)6-7-19(17)26-21/h5-8,12-13,25-26H,3-4,9-11H2,1-2H3/t23-/m0/s1. The van der Waals surface area contributed by atoms with Crippen molar-refractivity contribution in [2.24, 2.45) is 0 Å². The molecule has 0 bridgehead atoms. The van der Waals surface area contributed by atoms with E-state index in [1.165, 1.54) is 5.56 Å². The summed E-state index contributed by atoms with van der Waals surface area (Å²) >= 11 is 3.62. The highest BCUT2D eigenvalue weighted by molar-refractivity contribution is 9.10. The molecule has 0 unspecified atom stereocenters. The lowest BCUT2D eigenvalue weighted by molar-refractivity contribution is -0.123. The first kappa shape index (κ1) is 18.7. The first-order valence-corrected chi connectivity index (χ1v) is 11.0. The number of rotatable bonds is 4. The van der Waals surface area contributed by atoms with Crippen LogP contribution < -0.4 is 15.0 Å². The minimum absolute atomic E-state index is 0.110. The number of hydrogen-bond acceptors (Lipinski definition) is 3. The molecule has 0 saturated carbocycles. The monoisotopic (exact) mass is 453 g/mol. The van der Waals surface area contributed by atoms with E-state index in [4.69, 9.17) is 4.74 Å². The van der Waals surface area contributed by atoms with Gasteiger partial charge in [0.1, 0.15) is 5.75 Å². The number of benzene rings is 2. The van der Waals surface area contributed by atoms with Crippen molar-refractivity contribution in [1.82, 2.24) is 10.3 Å². The lowest BCUT2D eigenvalue weighted by Crippen LogP contribution is -2.55. The number of halogens is 1. The van der Waals surface area contributed by atoms with Crippen LogP contribution in [0, 0.1) is 0 Å². The van der Waals surface area contributed by atoms with E-state index in [1.807, 2.05) is 23.1 Å². The van der Waals surface area contributed by atoms with Gasteiger partial charge in [0.05, 0.1) is 12.8 Å². The molecule has 2 aliphatic rings. The fourth-order valence-electron chi connectivity index (χ4n) is 4.82. The summed E-state index contributed by atoms with van der Waals surface area (Å²) in [5.41, 5.74) is 4.36. The van der Waals surface area contributed by atoms with Gasteiger partial charge in [-0.3, -0.25) is 10.1 Å². The minimum Gasteiger partial charge on any atom is -0.497 e. The highest BCUT2D eigenvalue weighted by Crippen LogP contribution is 2.49. The number of anilines is 1. The number of methoxy groups -OCH3 is 1. The van der Waals surface area contributed by atoms with E-state index >= 15 is 0 Å². The molecule has 29 heavy (non-hydrogen) atoms. The third-order valence-electron chi connectivity index (χ3n) is 6.21. The average Bonchev–Trinajstić information content (AvgIpc) is 3.22. The molecule has 2 aliphatic heterocycles. The van der Waals surface area contributed by atoms with Gasteiger partial charge >= 0.3 is 0 Å². The van der Waals surface area contributed by atoms with Crippen LogP contribution >= 0.6 is 15.9 Å². The van der Waals surface area contributed by atoms with Crippen molar-refractivity contribution in [3.63, 3.8) is 0 Å². The Bertz CT molecular complexity index is 1120. The molecule has 1 aromatic heterocycles. The number of aromatic nitrogens is 1. The molecule has 3 heterocycles. The quantitative estimate of drug-likeness (QED) is 0.612. The maximum atomic E-state index is 13.9. The number of amides is 1. The molecule has 5 rings (SSSR count). The van der Waals surface area contributed by atoms with Crippen molar-refractivity contribution in [3.05, 3.63) is 57.7 Å². The molecular weight excluding hydrogens is 430 g/mol. The van der Waals surface area contributed by atoms with Crippen molar-refractivity contribution in [1.29, 1.82) is 0 Å². The number of nitrogens with zero attached hydrogens (tertiary/aromatic N) is 1. The van der Waals surface area contributed by atoms with E-state index in [2.05, 4.69) is 51.4 Å². The van der Waals surface area contributed by atoms with Crippen molar-refractivity contribution in [3.8, 4) is 5.75 Å². The predicted molar refractivity (Wildman–Crippen MR) is 119 cm³/mol. The van der Waals surface area contributed by atoms with Gasteiger partial charge in [0, 0.05) is 39.7 Å². The van der Waals surface area contributed by atoms with E-state index in [-0.39, 0.29) is 5.91 Å². The summed E-state index contributed by atoms with van der Waals surface area (Å²) in [6, 6.07) is 12.2. The first-order chi connectivity index (χ1) is 14.1. The van der Waals surface area contributed by atoms with Gasteiger partial charge in [0.25, 0.3) is 5.91 Å². The third kappa shape index (κ3) is 2.58. The number of aromatic amines is 1. The van der Waals surface area contributed by atoms with Gasteiger partial charge < -0.3 is 14.6 Å². The number of nitrogens with one attached hydrogen (secondary N) is 2. The van der Waals surface area contributed by atoms with Gasteiger partial charge in [-0.2, -0.15) is 0 Å². The van der Waals surface area contributed by atoms with E-state index in [9.17, 15) is 4.79 Å². The Hall–Kier alpha value is -2.31. The van der Waals surface area contributed by atoms with Crippen molar-refractivity contribution >= 4 is 38.4 Å². The van der Waals surface area contributed by atoms with Crippen LogP contribution in [-0.2, 0) is 16.8 Å². The summed E-state index contributed by atoms with van der Waals surface area (Å²) in [7, 11) is 1.68. The Labute approximate surface area is 178 Å². The molecule has 2 aromatic carbocycles. The molecule has 1 spiro atoms. The molecule has 0 aliphatic carbocycles. The zero-order chi connectivity index (χ0) is 20.2. The highest BCUT2D eigenvalue weighted by atomic mass is 79.9. The number of hydrogen-bond donors (Lipinski definition) is 2. The number of carbonyl (C=O) groups excluding carboxylic acids is 1. The summed E-state index contributed by atoms with van der Waals surface area (Å²) in [5.74, 6) is 0.941. The van der Waals surface area contributed by atoms with Crippen molar-refractivity contribution in [2.45, 2.75) is 31.7 Å². The second-order valence-electron chi connectivity index (χ2n) is 7.79. The number of unbranched alkanes of at least 4 members (excludes halogenated alkanes) is 1. The molecule has 6 heteroatoms. The Morgan fingerprint density at radius 3 is 2.90 bits per heavy atom. The van der Waals surface area contributed by atoms with Gasteiger partial charge in [-0.25, -0.2) is 0 Å². The van der Waals surface area contributed by atoms with Gasteiger partial charge in [0.2, 0.25) is 0 Å². The van der Waals surface area contributed by atoms with Gasteiger partial charge in [-0.1, -0.05) is 29.3 Å². The molecule has 1 atom stereocenters. The number of carbonyl (C=O) groups is 1. The van der Waals surface area contributed by atoms with Crippen molar-refractivity contribution < 1.29 is 9.53 Å². The van der Waals surface area contributed by atoms with Gasteiger partial charge in [-0.15, -0.1) is 0 Å². The summed E-state index contributed by atoms with van der Waals surface area (Å²) in [6.07, 6.45) is 2.90. The maximum Gasteiger partial charge on any atom is 0.258 e. The van der Waals surface area contributed by atoms with Crippen LogP contribution in [-0.4, -0.2) is 31.1 Å². The highest BCUT2D eigenvalue weighted by Gasteiger charge is 2.55. The topological polar surface area (TPSA) is 57.4 Å². The molecule has 2 N–H and O–H groups in total. The summed E-state index contributed by atoms with van der Waals surface area (Å²) in [6.45, 7) is 3.63. The Morgan fingerprint density at radius 2 is 2.10 bits per heavy atom. The molecule has 3 aromatic rings. The molecule has 0 radical (unpaired) electrons. The zero-order valence-corrected chi connectivity index (χ0v) is 18.2. The predicted octanol–water partition coefficient (Wildman–Crippen LogP) is 4.48. The summed E-state index contributed by atoms with van der Waals surface area (Å²) in [4.78, 5) is 19.5. The fourth-order valence-corrected chi connectivity index (χ4v) is 5.18. The van der Waals surface area contributed by atoms with Crippen LogP contribution in [0.1, 0.15) is 36.6 Å². The molecule has 150 valence electrons. The molecule has 0 saturated heterocycles. The summed E-state index contributed by atoms with van der Waals surface area (Å²) < 4.78 is 6.42. The van der Waals surface area contributed by atoms with Crippen LogP contribution in [0.5, 0.6) is 5.75 Å². The van der Waals surface area contributed by atoms with E-state index in [0.29, 0.717) is 0 Å². The minimum atomic E-state index is -0.868. The largest absolute Gasteiger partial charge is 0.497 e. The normalized spacial score (nSPS) is 20.4. The number of fused-ring (bicyclic) bond motifs is 6. The number of ether oxygens (including phenoxy) is 1. The van der Waals surface area contributed by atoms with Gasteiger partial charge in [-0.05, 0) is 54.8 Å². The van der Waals surface area contributed by atoms with E-state index < -0.39 is 5.54 Å². The smallest absolute Gasteiger partial charge is 0.258 e. The van der Waals surface area contributed by atoms with Crippen LogP contribution in [0.4, 0.5) is 5.69 Å². The van der Waals surface area contributed by atoms with Crippen molar-refractivity contribution in [2.75, 3.05) is 25.1 Å². The van der Waals surface area contributed by atoms with Crippen LogP contribution in [0.2, 0.25) is 0 Å². The molecule has 5 nitrogen and oxygen atoms in total. The van der Waals surface area contributed by atoms with E-state index in [1.54, 1.807) is 7.11 Å². The molecular formula is C23H24BrN3O2. The average molecular weight is 454 g/mol. The maximum absolute atomic E-state index is 13.9. The fraction of sp³-hybridized carbons (Fsp3) is 0.348. The second kappa shape index (κ2) is 6.89. The lowest BCUT2D eigenvalue weighted by Gasteiger charge is -2.34. The second-order valence-corrected chi connectivity index (χ2v) is 8.70. The third-order valence-corrected chi connectivity index (χ3v) is 6.70. The van der Waals surface area contributed by atoms with Crippen LogP contribution in [0.15, 0.2) is 40.9 Å². The summed E-state index contributed by atoms with van der Waals surface area (Å²) in [5, 5.41) is 4.74. The van der Waals surface area contributed by atoms with Crippen LogP contribution in [0.25, 0.3) is 10.9 Å². The molecule has 0 fully saturated rings. The first-order valence-electron chi connectivity index (χ1n) is 10.2. The zero-order valence-electron chi connectivity index (χ0n) is 16.6. The van der Waals surface area contributed by atoms with Crippen LogP contribution in [0.3, 0.4) is 0 Å². The SMILES string of the molecule is CCCCN1C(=O)[C@]2(NCCc3c2[nH]c2ccc(OC)cc32)c2cc(Br)ccc21. The van der Waals surface area contributed by atoms with E-state index in [0.717, 1.165) is 70.4 Å². The Kier molecular flexibility index (Phi) is 4.44. The molecule has 1 amide bonds. The Balaban J connectivity index is 1.76. The van der Waals surface area contributed by atoms with Gasteiger partial charge in [0.15, 0.2) is 5.54 Å².